The van der Waals surface area contributed by atoms with E-state index in [4.69, 9.17) is 0 Å². The minimum atomic E-state index is 0.538. The predicted octanol–water partition coefficient (Wildman–Crippen LogP) is 3.46. The highest BCUT2D eigenvalue weighted by Gasteiger charge is 2.26. The van der Waals surface area contributed by atoms with Gasteiger partial charge in [0, 0.05) is 12.3 Å². The minimum Gasteiger partial charge on any atom is -0.290 e. The highest BCUT2D eigenvalue weighted by Crippen LogP contribution is 2.33. The topological polar surface area (TPSA) is 12.4 Å². The summed E-state index contributed by atoms with van der Waals surface area (Å²) in [5.74, 6) is 1.52. The Labute approximate surface area is 82.0 Å². The third-order valence-electron chi connectivity index (χ3n) is 2.87. The molecule has 0 heterocycles. The van der Waals surface area contributed by atoms with Crippen LogP contribution < -0.4 is 0 Å². The molecule has 0 saturated heterocycles. The smallest absolute Gasteiger partial charge is 0.0499 e. The highest BCUT2D eigenvalue weighted by atomic mass is 14.8. The van der Waals surface area contributed by atoms with Gasteiger partial charge in [0.05, 0.1) is 0 Å². The summed E-state index contributed by atoms with van der Waals surface area (Å²) in [5, 5.41) is 0. The summed E-state index contributed by atoms with van der Waals surface area (Å²) in [4.78, 5) is 4.51. The molecule has 1 unspecified atom stereocenters. The molecule has 0 radical (unpaired) electrons. The van der Waals surface area contributed by atoms with Crippen LogP contribution >= 0.6 is 0 Å². The van der Waals surface area contributed by atoms with Crippen molar-refractivity contribution in [1.82, 2.24) is 0 Å². The van der Waals surface area contributed by atoms with Crippen molar-refractivity contribution in [3.8, 4) is 0 Å². The molecule has 0 amide bonds. The van der Waals surface area contributed by atoms with Gasteiger partial charge in [0.15, 0.2) is 0 Å². The Morgan fingerprint density at radius 3 is 2.38 bits per heavy atom. The third-order valence-corrected chi connectivity index (χ3v) is 2.87. The Morgan fingerprint density at radius 1 is 1.31 bits per heavy atom. The van der Waals surface area contributed by atoms with Crippen molar-refractivity contribution < 1.29 is 0 Å². The summed E-state index contributed by atoms with van der Waals surface area (Å²) < 4.78 is 0. The summed E-state index contributed by atoms with van der Waals surface area (Å²) in [6, 6.07) is 0.538. The first kappa shape index (κ1) is 10.5. The normalized spacial score (nSPS) is 21.5. The molecule has 0 aromatic heterocycles. The number of rotatable bonds is 4. The van der Waals surface area contributed by atoms with E-state index in [1.54, 1.807) is 0 Å². The van der Waals surface area contributed by atoms with E-state index in [2.05, 4.69) is 38.8 Å². The quantitative estimate of drug-likeness (QED) is 0.586. The van der Waals surface area contributed by atoms with Crippen LogP contribution in [0, 0.1) is 11.8 Å². The van der Waals surface area contributed by atoms with Gasteiger partial charge in [-0.3, -0.25) is 4.99 Å². The molecule has 1 atom stereocenters. The maximum absolute atomic E-state index is 4.51. The fourth-order valence-corrected chi connectivity index (χ4v) is 1.19. The van der Waals surface area contributed by atoms with Gasteiger partial charge >= 0.3 is 0 Å². The largest absolute Gasteiger partial charge is 0.290 e. The van der Waals surface area contributed by atoms with Gasteiger partial charge in [-0.15, -0.1) is 0 Å². The van der Waals surface area contributed by atoms with E-state index in [0.29, 0.717) is 12.0 Å². The summed E-state index contributed by atoms with van der Waals surface area (Å²) in [6.45, 7) is 8.80. The van der Waals surface area contributed by atoms with E-state index in [-0.39, 0.29) is 0 Å². The first-order valence-electron chi connectivity index (χ1n) is 5.31. The van der Waals surface area contributed by atoms with Crippen LogP contribution in [-0.4, -0.2) is 12.3 Å². The van der Waals surface area contributed by atoms with E-state index in [1.165, 1.54) is 18.4 Å². The van der Waals surface area contributed by atoms with Gasteiger partial charge in [-0.25, -0.2) is 0 Å². The van der Waals surface area contributed by atoms with Crippen molar-refractivity contribution in [2.24, 2.45) is 16.8 Å². The van der Waals surface area contributed by atoms with Gasteiger partial charge in [0.25, 0.3) is 0 Å². The van der Waals surface area contributed by atoms with Crippen LogP contribution in [0.2, 0.25) is 0 Å². The zero-order chi connectivity index (χ0) is 9.84. The second kappa shape index (κ2) is 4.59. The highest BCUT2D eigenvalue weighted by molar-refractivity contribution is 5.72. The van der Waals surface area contributed by atoms with Gasteiger partial charge in [-0.05, 0) is 44.6 Å². The molecule has 1 heteroatoms. The van der Waals surface area contributed by atoms with Crippen molar-refractivity contribution in [1.29, 1.82) is 0 Å². The Kier molecular flexibility index (Phi) is 3.71. The first-order valence-corrected chi connectivity index (χ1v) is 5.31. The molecule has 0 aromatic carbocycles. The zero-order valence-electron chi connectivity index (χ0n) is 9.25. The standard InChI is InChI=1S/C12H21N/c1-9(2)10(3)7-8-13-11(4)12-5-6-12/h7-9,11-12H,5-6H2,1-4H3/b10-7+,13-8?. The molecule has 0 N–H and O–H groups in total. The molecule has 0 aliphatic heterocycles. The van der Waals surface area contributed by atoms with E-state index in [0.717, 1.165) is 5.92 Å². The molecular formula is C12H21N. The fourth-order valence-electron chi connectivity index (χ4n) is 1.19. The maximum Gasteiger partial charge on any atom is 0.0499 e. The van der Waals surface area contributed by atoms with Crippen LogP contribution in [0.4, 0.5) is 0 Å². The van der Waals surface area contributed by atoms with E-state index in [9.17, 15) is 0 Å². The van der Waals surface area contributed by atoms with Crippen molar-refractivity contribution in [2.45, 2.75) is 46.6 Å². The van der Waals surface area contributed by atoms with Crippen LogP contribution in [0.1, 0.15) is 40.5 Å². The molecule has 0 aromatic rings. The van der Waals surface area contributed by atoms with E-state index >= 15 is 0 Å². The van der Waals surface area contributed by atoms with Crippen molar-refractivity contribution in [3.05, 3.63) is 11.6 Å². The zero-order valence-corrected chi connectivity index (χ0v) is 9.25. The van der Waals surface area contributed by atoms with Gasteiger partial charge in [0.2, 0.25) is 0 Å². The van der Waals surface area contributed by atoms with Crippen molar-refractivity contribution in [3.63, 3.8) is 0 Å². The van der Waals surface area contributed by atoms with E-state index in [1.807, 2.05) is 6.21 Å². The maximum atomic E-state index is 4.51. The van der Waals surface area contributed by atoms with E-state index < -0.39 is 0 Å². The lowest BCUT2D eigenvalue weighted by Crippen LogP contribution is -2.00. The van der Waals surface area contributed by atoms with Crippen LogP contribution in [0.25, 0.3) is 0 Å². The molecule has 0 spiro atoms. The van der Waals surface area contributed by atoms with Gasteiger partial charge in [-0.1, -0.05) is 19.4 Å². The number of nitrogens with zero attached hydrogens (tertiary/aromatic N) is 1. The van der Waals surface area contributed by atoms with Crippen LogP contribution in [-0.2, 0) is 0 Å². The number of allylic oxidation sites excluding steroid dienone is 2. The Hall–Kier alpha value is -0.590. The summed E-state index contributed by atoms with van der Waals surface area (Å²) in [5.41, 5.74) is 1.41. The molecule has 1 aliphatic rings. The second-order valence-electron chi connectivity index (χ2n) is 4.44. The average Bonchev–Trinajstić information content (AvgIpc) is 2.85. The van der Waals surface area contributed by atoms with Gasteiger partial charge in [0.1, 0.15) is 0 Å². The molecule has 13 heavy (non-hydrogen) atoms. The Balaban J connectivity index is 2.34. The SMILES string of the molecule is C/C(=C\C=NC(C)C1CC1)C(C)C. The average molecular weight is 179 g/mol. The monoisotopic (exact) mass is 179 g/mol. The molecule has 1 rings (SSSR count). The summed E-state index contributed by atoms with van der Waals surface area (Å²) >= 11 is 0. The number of aliphatic imine (C=N–C) groups is 1. The lowest BCUT2D eigenvalue weighted by molar-refractivity contribution is 0.655. The Bertz CT molecular complexity index is 209. The second-order valence-corrected chi connectivity index (χ2v) is 4.44. The molecule has 0 bridgehead atoms. The number of hydrogen-bond acceptors (Lipinski definition) is 1. The lowest BCUT2D eigenvalue weighted by Gasteiger charge is -2.03. The lowest BCUT2D eigenvalue weighted by atomic mass is 10.1. The van der Waals surface area contributed by atoms with Crippen molar-refractivity contribution >= 4 is 6.21 Å². The van der Waals surface area contributed by atoms with Crippen LogP contribution in [0.5, 0.6) is 0 Å². The first-order chi connectivity index (χ1) is 6.11. The summed E-state index contributed by atoms with van der Waals surface area (Å²) in [7, 11) is 0. The molecular weight excluding hydrogens is 158 g/mol. The summed E-state index contributed by atoms with van der Waals surface area (Å²) in [6.07, 6.45) is 6.89. The van der Waals surface area contributed by atoms with Crippen LogP contribution in [0.15, 0.2) is 16.6 Å². The Morgan fingerprint density at radius 2 is 1.92 bits per heavy atom. The van der Waals surface area contributed by atoms with Crippen LogP contribution in [0.3, 0.4) is 0 Å². The molecule has 1 fully saturated rings. The molecule has 1 aliphatic carbocycles. The van der Waals surface area contributed by atoms with Crippen molar-refractivity contribution in [2.75, 3.05) is 0 Å². The van der Waals surface area contributed by atoms with Gasteiger partial charge < -0.3 is 0 Å². The molecule has 74 valence electrons. The molecule has 1 nitrogen and oxygen atoms in total. The number of hydrogen-bond donors (Lipinski definition) is 0. The minimum absolute atomic E-state index is 0.538. The van der Waals surface area contributed by atoms with Gasteiger partial charge in [-0.2, -0.15) is 0 Å². The third kappa shape index (κ3) is 3.75. The molecule has 1 saturated carbocycles. The predicted molar refractivity (Wildman–Crippen MR) is 59.3 cm³/mol. The fraction of sp³-hybridized carbons (Fsp3) is 0.750.